The fourth-order valence-electron chi connectivity index (χ4n) is 3.03. The lowest BCUT2D eigenvalue weighted by atomic mass is 9.95. The quantitative estimate of drug-likeness (QED) is 0.525. The molecule has 1 unspecified atom stereocenters. The fourth-order valence-corrected chi connectivity index (χ4v) is 3.03. The van der Waals surface area contributed by atoms with Crippen molar-refractivity contribution in [2.75, 3.05) is 27.2 Å². The van der Waals surface area contributed by atoms with E-state index < -0.39 is 0 Å². The zero-order valence-electron chi connectivity index (χ0n) is 15.5. The highest BCUT2D eigenvalue weighted by Gasteiger charge is 2.14. The van der Waals surface area contributed by atoms with Gasteiger partial charge >= 0.3 is 0 Å². The molecule has 0 amide bonds. The Morgan fingerprint density at radius 3 is 2.59 bits per heavy atom. The summed E-state index contributed by atoms with van der Waals surface area (Å²) in [4.78, 5) is 6.44. The minimum absolute atomic E-state index is 0. The maximum absolute atomic E-state index is 13.5. The lowest BCUT2D eigenvalue weighted by Gasteiger charge is -2.22. The van der Waals surface area contributed by atoms with Crippen LogP contribution in [0.1, 0.15) is 17.9 Å². The summed E-state index contributed by atoms with van der Waals surface area (Å²) >= 11 is 0. The third-order valence-corrected chi connectivity index (χ3v) is 4.22. The molecule has 0 aliphatic carbocycles. The molecule has 0 N–H and O–H groups in total. The average Bonchev–Trinajstić information content (AvgIpc) is 2.60. The number of aromatic nitrogens is 1. The van der Waals surface area contributed by atoms with Gasteiger partial charge in [0.2, 0.25) is 0 Å². The van der Waals surface area contributed by atoms with Gasteiger partial charge in [0.1, 0.15) is 11.6 Å². The maximum atomic E-state index is 13.5. The lowest BCUT2D eigenvalue weighted by Crippen LogP contribution is -2.22. The number of fused-ring (bicyclic) bond motifs is 1. The zero-order chi connectivity index (χ0) is 17.6. The van der Waals surface area contributed by atoms with Crippen LogP contribution in [0.25, 0.3) is 10.9 Å². The first-order valence-corrected chi connectivity index (χ1v) is 8.49. The van der Waals surface area contributed by atoms with Crippen molar-refractivity contribution >= 4 is 35.7 Å². The zero-order valence-corrected chi connectivity index (χ0v) is 17.1. The Labute approximate surface area is 172 Å². The number of rotatable bonds is 7. The van der Waals surface area contributed by atoms with E-state index in [0.717, 1.165) is 35.2 Å². The van der Waals surface area contributed by atoms with E-state index in [-0.39, 0.29) is 36.5 Å². The summed E-state index contributed by atoms with van der Waals surface area (Å²) < 4.78 is 19.5. The first-order valence-electron chi connectivity index (χ1n) is 8.49. The number of hydrogen-bond donors (Lipinski definition) is 0. The van der Waals surface area contributed by atoms with Gasteiger partial charge in [0.05, 0.1) is 12.1 Å². The highest BCUT2D eigenvalue weighted by Crippen LogP contribution is 2.23. The first kappa shape index (κ1) is 23.2. The minimum atomic E-state index is -0.191. The van der Waals surface area contributed by atoms with Crippen molar-refractivity contribution in [1.29, 1.82) is 0 Å². The molecule has 1 aromatic heterocycles. The Morgan fingerprint density at radius 1 is 1.04 bits per heavy atom. The predicted octanol–water partition coefficient (Wildman–Crippen LogP) is 5.33. The van der Waals surface area contributed by atoms with Gasteiger partial charge in [0, 0.05) is 18.1 Å². The van der Waals surface area contributed by atoms with E-state index in [4.69, 9.17) is 4.74 Å². The molecule has 0 spiro atoms. The Bertz CT molecular complexity index is 845. The first-order chi connectivity index (χ1) is 12.1. The van der Waals surface area contributed by atoms with Gasteiger partial charge in [0.15, 0.2) is 0 Å². The molecule has 0 radical (unpaired) electrons. The average molecular weight is 411 g/mol. The van der Waals surface area contributed by atoms with E-state index in [2.05, 4.69) is 9.88 Å². The van der Waals surface area contributed by atoms with Crippen LogP contribution in [0.5, 0.6) is 5.75 Å². The molecule has 0 bridgehead atoms. The third-order valence-electron chi connectivity index (χ3n) is 4.22. The van der Waals surface area contributed by atoms with Crippen molar-refractivity contribution in [3.8, 4) is 5.75 Å². The van der Waals surface area contributed by atoms with E-state index >= 15 is 0 Å². The van der Waals surface area contributed by atoms with Crippen molar-refractivity contribution in [2.45, 2.75) is 12.3 Å². The van der Waals surface area contributed by atoms with Crippen LogP contribution in [0.15, 0.2) is 60.8 Å². The van der Waals surface area contributed by atoms with Gasteiger partial charge in [0.25, 0.3) is 0 Å². The molecule has 146 valence electrons. The molecule has 1 atom stereocenters. The number of halogens is 3. The van der Waals surface area contributed by atoms with Gasteiger partial charge in [-0.05, 0) is 68.4 Å². The second kappa shape index (κ2) is 11.1. The Hall–Kier alpha value is -1.88. The van der Waals surface area contributed by atoms with E-state index in [1.807, 2.05) is 50.5 Å². The molecular formula is C21H25Cl2FN2O. The highest BCUT2D eigenvalue weighted by atomic mass is 35.5. The SMILES string of the molecule is CN(C)CC(CCOc1ccc2ncccc2c1)c1cccc(F)c1.Cl.Cl. The Kier molecular flexibility index (Phi) is 9.50. The summed E-state index contributed by atoms with van der Waals surface area (Å²) in [5, 5.41) is 1.06. The van der Waals surface area contributed by atoms with Crippen molar-refractivity contribution in [3.05, 3.63) is 72.2 Å². The van der Waals surface area contributed by atoms with Crippen LogP contribution in [0.4, 0.5) is 4.39 Å². The van der Waals surface area contributed by atoms with Gasteiger partial charge in [-0.2, -0.15) is 0 Å². The summed E-state index contributed by atoms with van der Waals surface area (Å²) in [5.74, 6) is 0.875. The van der Waals surface area contributed by atoms with Crippen LogP contribution in [0.3, 0.4) is 0 Å². The molecule has 3 aromatic rings. The maximum Gasteiger partial charge on any atom is 0.123 e. The molecule has 6 heteroatoms. The van der Waals surface area contributed by atoms with Crippen molar-refractivity contribution in [2.24, 2.45) is 0 Å². The molecule has 0 fully saturated rings. The van der Waals surface area contributed by atoms with Gasteiger partial charge in [-0.25, -0.2) is 4.39 Å². The highest BCUT2D eigenvalue weighted by molar-refractivity contribution is 5.85. The number of pyridine rings is 1. The summed E-state index contributed by atoms with van der Waals surface area (Å²) in [6.07, 6.45) is 2.61. The standard InChI is InChI=1S/C21H23FN2O.2ClH/c1-24(2)15-18(16-5-3-7-19(22)13-16)10-12-25-20-8-9-21-17(14-20)6-4-11-23-21;;/h3-9,11,13-14,18H,10,12,15H2,1-2H3;2*1H. The molecule has 0 saturated heterocycles. The van der Waals surface area contributed by atoms with Crippen LogP contribution < -0.4 is 4.74 Å². The van der Waals surface area contributed by atoms with Gasteiger partial charge in [-0.3, -0.25) is 4.98 Å². The van der Waals surface area contributed by atoms with Crippen LogP contribution in [-0.4, -0.2) is 37.1 Å². The molecule has 3 rings (SSSR count). The predicted molar refractivity (Wildman–Crippen MR) is 114 cm³/mol. The van der Waals surface area contributed by atoms with Crippen LogP contribution >= 0.6 is 24.8 Å². The molecule has 1 heterocycles. The van der Waals surface area contributed by atoms with Gasteiger partial charge < -0.3 is 9.64 Å². The number of nitrogens with zero attached hydrogens (tertiary/aromatic N) is 2. The minimum Gasteiger partial charge on any atom is -0.494 e. The number of benzene rings is 2. The van der Waals surface area contributed by atoms with Gasteiger partial charge in [-0.15, -0.1) is 24.8 Å². The molecule has 2 aromatic carbocycles. The summed E-state index contributed by atoms with van der Waals surface area (Å²) in [6, 6.07) is 16.7. The van der Waals surface area contributed by atoms with Crippen LogP contribution in [0.2, 0.25) is 0 Å². The monoisotopic (exact) mass is 410 g/mol. The van der Waals surface area contributed by atoms with E-state index in [1.165, 1.54) is 6.07 Å². The van der Waals surface area contributed by atoms with E-state index in [9.17, 15) is 4.39 Å². The summed E-state index contributed by atoms with van der Waals surface area (Å²) in [5.41, 5.74) is 1.97. The van der Waals surface area contributed by atoms with Crippen molar-refractivity contribution < 1.29 is 9.13 Å². The van der Waals surface area contributed by atoms with E-state index in [1.54, 1.807) is 18.3 Å². The number of likely N-dealkylation sites (N-methyl/N-ethyl adjacent to an activating group) is 1. The fraction of sp³-hybridized carbons (Fsp3) is 0.286. The van der Waals surface area contributed by atoms with Crippen LogP contribution in [0, 0.1) is 5.82 Å². The molecule has 0 aliphatic rings. The van der Waals surface area contributed by atoms with Crippen molar-refractivity contribution in [1.82, 2.24) is 9.88 Å². The van der Waals surface area contributed by atoms with E-state index in [0.29, 0.717) is 6.61 Å². The topological polar surface area (TPSA) is 25.4 Å². The molecular weight excluding hydrogens is 386 g/mol. The molecule has 0 aliphatic heterocycles. The molecule has 0 saturated carbocycles. The normalized spacial score (nSPS) is 11.6. The number of hydrogen-bond acceptors (Lipinski definition) is 3. The van der Waals surface area contributed by atoms with Gasteiger partial charge in [-0.1, -0.05) is 18.2 Å². The summed E-state index contributed by atoms with van der Waals surface area (Å²) in [6.45, 7) is 1.44. The Morgan fingerprint density at radius 2 is 1.85 bits per heavy atom. The second-order valence-corrected chi connectivity index (χ2v) is 6.51. The number of ether oxygens (including phenoxy) is 1. The summed E-state index contributed by atoms with van der Waals surface area (Å²) in [7, 11) is 4.06. The molecule has 27 heavy (non-hydrogen) atoms. The second-order valence-electron chi connectivity index (χ2n) is 6.51. The third kappa shape index (κ3) is 6.65. The lowest BCUT2D eigenvalue weighted by molar-refractivity contribution is 0.276. The largest absolute Gasteiger partial charge is 0.494 e. The smallest absolute Gasteiger partial charge is 0.123 e. The van der Waals surface area contributed by atoms with Crippen molar-refractivity contribution in [3.63, 3.8) is 0 Å². The van der Waals surface area contributed by atoms with Crippen LogP contribution in [-0.2, 0) is 0 Å². The Balaban J connectivity index is 0.00000182. The molecule has 3 nitrogen and oxygen atoms in total.